The quantitative estimate of drug-likeness (QED) is 0.596. The van der Waals surface area contributed by atoms with E-state index in [0.29, 0.717) is 22.9 Å². The zero-order chi connectivity index (χ0) is 22.4. The van der Waals surface area contributed by atoms with E-state index in [4.69, 9.17) is 14.2 Å². The molecule has 1 saturated heterocycles. The van der Waals surface area contributed by atoms with Crippen molar-refractivity contribution >= 4 is 23.5 Å². The summed E-state index contributed by atoms with van der Waals surface area (Å²) in [4.78, 5) is 38.4. The third-order valence-corrected chi connectivity index (χ3v) is 4.90. The summed E-state index contributed by atoms with van der Waals surface area (Å²) < 4.78 is 15.8. The molecule has 4 amide bonds. The molecule has 1 atom stereocenters. The van der Waals surface area contributed by atoms with E-state index in [1.165, 1.54) is 21.3 Å². The van der Waals surface area contributed by atoms with Crippen molar-refractivity contribution in [1.82, 2.24) is 10.2 Å². The predicted octanol–water partition coefficient (Wildman–Crippen LogP) is 2.55. The molecular weight excluding hydrogens is 402 g/mol. The molecular formula is C22H25N3O6. The van der Waals surface area contributed by atoms with E-state index in [0.717, 1.165) is 10.5 Å². The van der Waals surface area contributed by atoms with E-state index >= 15 is 0 Å². The number of anilines is 1. The summed E-state index contributed by atoms with van der Waals surface area (Å²) in [5, 5.41) is 5.40. The number of rotatable bonds is 9. The second-order valence-electron chi connectivity index (χ2n) is 6.91. The van der Waals surface area contributed by atoms with E-state index in [9.17, 15) is 14.4 Å². The Morgan fingerprint density at radius 2 is 1.68 bits per heavy atom. The van der Waals surface area contributed by atoms with Crippen molar-refractivity contribution in [3.8, 4) is 17.2 Å². The van der Waals surface area contributed by atoms with E-state index in [1.54, 1.807) is 12.1 Å². The van der Waals surface area contributed by atoms with Gasteiger partial charge in [0.2, 0.25) is 11.7 Å². The minimum absolute atomic E-state index is 0.0481. The summed E-state index contributed by atoms with van der Waals surface area (Å²) in [6.45, 7) is 0.194. The summed E-state index contributed by atoms with van der Waals surface area (Å²) in [6.07, 6.45) is 0.235. The normalized spacial score (nSPS) is 15.5. The lowest BCUT2D eigenvalue weighted by molar-refractivity contribution is -0.128. The standard InChI is InChI=1S/C22H25N3O6/c1-29-17-11-15(12-18(30-2)20(17)31-3)23-19(26)10-9-16-21(27)25(22(28)24-16)13-14-7-5-4-6-8-14/h4-8,11-12,16H,9-10,13H2,1-3H3,(H,23,26)(H,24,28). The number of carbonyl (C=O) groups is 3. The van der Waals surface area contributed by atoms with Crippen LogP contribution in [0.2, 0.25) is 0 Å². The number of nitrogens with zero attached hydrogens (tertiary/aromatic N) is 1. The van der Waals surface area contributed by atoms with Gasteiger partial charge in [-0.3, -0.25) is 14.5 Å². The summed E-state index contributed by atoms with van der Waals surface area (Å²) in [5.41, 5.74) is 1.32. The number of urea groups is 1. The first-order valence-corrected chi connectivity index (χ1v) is 9.72. The van der Waals surface area contributed by atoms with Gasteiger partial charge in [-0.1, -0.05) is 30.3 Å². The Bertz CT molecular complexity index is 938. The molecule has 0 spiro atoms. The van der Waals surface area contributed by atoms with Crippen LogP contribution >= 0.6 is 0 Å². The number of hydrogen-bond donors (Lipinski definition) is 2. The summed E-state index contributed by atoms with van der Waals surface area (Å²) in [6, 6.07) is 11.3. The van der Waals surface area contributed by atoms with Crippen LogP contribution in [0.3, 0.4) is 0 Å². The largest absolute Gasteiger partial charge is 0.493 e. The summed E-state index contributed by atoms with van der Waals surface area (Å²) >= 11 is 0. The van der Waals surface area contributed by atoms with Gasteiger partial charge >= 0.3 is 6.03 Å². The number of carbonyl (C=O) groups excluding carboxylic acids is 3. The van der Waals surface area contributed by atoms with Crippen LogP contribution in [-0.4, -0.2) is 50.1 Å². The molecule has 1 fully saturated rings. The van der Waals surface area contributed by atoms with Gasteiger partial charge < -0.3 is 24.8 Å². The summed E-state index contributed by atoms with van der Waals surface area (Å²) in [5.74, 6) is 0.590. The number of hydrogen-bond acceptors (Lipinski definition) is 6. The summed E-state index contributed by atoms with van der Waals surface area (Å²) in [7, 11) is 4.46. The lowest BCUT2D eigenvalue weighted by Crippen LogP contribution is -2.31. The third-order valence-electron chi connectivity index (χ3n) is 4.90. The highest BCUT2D eigenvalue weighted by Crippen LogP contribution is 2.39. The molecule has 1 aliphatic rings. The van der Waals surface area contributed by atoms with Crippen molar-refractivity contribution in [2.75, 3.05) is 26.6 Å². The Labute approximate surface area is 180 Å². The van der Waals surface area contributed by atoms with Crippen LogP contribution in [0.4, 0.5) is 10.5 Å². The monoisotopic (exact) mass is 427 g/mol. The molecule has 0 saturated carbocycles. The first kappa shape index (κ1) is 21.9. The molecule has 0 aliphatic carbocycles. The van der Waals surface area contributed by atoms with Crippen LogP contribution in [0, 0.1) is 0 Å². The van der Waals surface area contributed by atoms with Gasteiger partial charge in [-0.25, -0.2) is 4.79 Å². The molecule has 0 radical (unpaired) electrons. The molecule has 0 aromatic heterocycles. The number of methoxy groups -OCH3 is 3. The number of imide groups is 1. The number of ether oxygens (including phenoxy) is 3. The molecule has 164 valence electrons. The van der Waals surface area contributed by atoms with Gasteiger partial charge in [0, 0.05) is 24.2 Å². The van der Waals surface area contributed by atoms with Gasteiger partial charge in [-0.2, -0.15) is 0 Å². The lowest BCUT2D eigenvalue weighted by Gasteiger charge is -2.15. The Kier molecular flexibility index (Phi) is 6.96. The second-order valence-corrected chi connectivity index (χ2v) is 6.91. The van der Waals surface area contributed by atoms with E-state index in [2.05, 4.69) is 10.6 Å². The molecule has 1 heterocycles. The third kappa shape index (κ3) is 5.06. The number of nitrogens with one attached hydrogen (secondary N) is 2. The Morgan fingerprint density at radius 1 is 1.03 bits per heavy atom. The maximum atomic E-state index is 12.6. The molecule has 1 unspecified atom stereocenters. The van der Waals surface area contributed by atoms with E-state index < -0.39 is 12.1 Å². The molecule has 9 heteroatoms. The fourth-order valence-electron chi connectivity index (χ4n) is 3.34. The molecule has 2 aromatic rings. The lowest BCUT2D eigenvalue weighted by atomic mass is 10.1. The molecule has 9 nitrogen and oxygen atoms in total. The minimum atomic E-state index is -0.734. The number of benzene rings is 2. The molecule has 1 aliphatic heterocycles. The van der Waals surface area contributed by atoms with Crippen LogP contribution in [0.1, 0.15) is 18.4 Å². The average Bonchev–Trinajstić information content (AvgIpc) is 3.05. The van der Waals surface area contributed by atoms with Gasteiger partial charge in [0.15, 0.2) is 11.5 Å². The highest BCUT2D eigenvalue weighted by atomic mass is 16.5. The van der Waals surface area contributed by atoms with Crippen molar-refractivity contribution in [3.63, 3.8) is 0 Å². The Morgan fingerprint density at radius 3 is 2.26 bits per heavy atom. The SMILES string of the molecule is COc1cc(NC(=O)CCC2NC(=O)N(Cc3ccccc3)C2=O)cc(OC)c1OC. The van der Waals surface area contributed by atoms with Crippen LogP contribution in [0.5, 0.6) is 17.2 Å². The Balaban J connectivity index is 1.58. The van der Waals surface area contributed by atoms with Crippen LogP contribution in [-0.2, 0) is 16.1 Å². The van der Waals surface area contributed by atoms with Crippen LogP contribution < -0.4 is 24.8 Å². The zero-order valence-electron chi connectivity index (χ0n) is 17.6. The van der Waals surface area contributed by atoms with Crippen molar-refractivity contribution < 1.29 is 28.6 Å². The smallest absolute Gasteiger partial charge is 0.325 e. The van der Waals surface area contributed by atoms with Gasteiger partial charge in [-0.05, 0) is 12.0 Å². The topological polar surface area (TPSA) is 106 Å². The highest BCUT2D eigenvalue weighted by molar-refractivity contribution is 6.04. The van der Waals surface area contributed by atoms with Gasteiger partial charge in [0.05, 0.1) is 27.9 Å². The van der Waals surface area contributed by atoms with Gasteiger partial charge in [-0.15, -0.1) is 0 Å². The average molecular weight is 427 g/mol. The van der Waals surface area contributed by atoms with Crippen molar-refractivity contribution in [1.29, 1.82) is 0 Å². The maximum Gasteiger partial charge on any atom is 0.325 e. The minimum Gasteiger partial charge on any atom is -0.493 e. The highest BCUT2D eigenvalue weighted by Gasteiger charge is 2.37. The van der Waals surface area contributed by atoms with Crippen LogP contribution in [0.25, 0.3) is 0 Å². The maximum absolute atomic E-state index is 12.6. The van der Waals surface area contributed by atoms with Gasteiger partial charge in [0.25, 0.3) is 5.91 Å². The first-order valence-electron chi connectivity index (χ1n) is 9.72. The second kappa shape index (κ2) is 9.84. The molecule has 0 bridgehead atoms. The van der Waals surface area contributed by atoms with E-state index in [-0.39, 0.29) is 31.2 Å². The zero-order valence-corrected chi connectivity index (χ0v) is 17.6. The van der Waals surface area contributed by atoms with Crippen molar-refractivity contribution in [2.45, 2.75) is 25.4 Å². The molecule has 2 aromatic carbocycles. The fourth-order valence-corrected chi connectivity index (χ4v) is 3.34. The predicted molar refractivity (Wildman–Crippen MR) is 113 cm³/mol. The van der Waals surface area contributed by atoms with E-state index in [1.807, 2.05) is 30.3 Å². The van der Waals surface area contributed by atoms with Crippen molar-refractivity contribution in [3.05, 3.63) is 48.0 Å². The van der Waals surface area contributed by atoms with Gasteiger partial charge in [0.1, 0.15) is 6.04 Å². The molecule has 31 heavy (non-hydrogen) atoms. The van der Waals surface area contributed by atoms with Crippen molar-refractivity contribution in [2.24, 2.45) is 0 Å². The fraction of sp³-hybridized carbons (Fsp3) is 0.318. The number of amides is 4. The van der Waals surface area contributed by atoms with Crippen LogP contribution in [0.15, 0.2) is 42.5 Å². The first-order chi connectivity index (χ1) is 15.0. The molecule has 2 N–H and O–H groups in total. The Hall–Kier alpha value is -3.75. The molecule has 3 rings (SSSR count).